The van der Waals surface area contributed by atoms with Gasteiger partial charge in [-0.15, -0.1) is 0 Å². The van der Waals surface area contributed by atoms with E-state index in [0.717, 1.165) is 36.6 Å². The van der Waals surface area contributed by atoms with Crippen molar-refractivity contribution in [3.05, 3.63) is 71.2 Å². The minimum absolute atomic E-state index is 0.0798. The highest BCUT2D eigenvalue weighted by atomic mass is 31.2. The molecule has 4 N–H and O–H groups in total. The number of hydrogen-bond acceptors (Lipinski definition) is 5. The van der Waals surface area contributed by atoms with E-state index >= 15 is 0 Å². The molecule has 0 radical (unpaired) electrons. The van der Waals surface area contributed by atoms with Gasteiger partial charge in [0.1, 0.15) is 23.6 Å². The van der Waals surface area contributed by atoms with Crippen molar-refractivity contribution in [3.8, 4) is 0 Å². The highest BCUT2D eigenvalue weighted by Crippen LogP contribution is 2.59. The van der Waals surface area contributed by atoms with E-state index in [-0.39, 0.29) is 52.9 Å². The van der Waals surface area contributed by atoms with Crippen molar-refractivity contribution < 1.29 is 46.7 Å². The molecule has 2 unspecified atom stereocenters. The van der Waals surface area contributed by atoms with Gasteiger partial charge in [0, 0.05) is 55.1 Å². The van der Waals surface area contributed by atoms with Crippen LogP contribution in [0, 0.1) is 5.82 Å². The highest BCUT2D eigenvalue weighted by molar-refractivity contribution is 7.52. The zero-order valence-electron chi connectivity index (χ0n) is 26.7. The van der Waals surface area contributed by atoms with Crippen LogP contribution in [0.3, 0.4) is 0 Å². The van der Waals surface area contributed by atoms with Crippen molar-refractivity contribution in [2.45, 2.75) is 75.3 Å². The molecule has 1 aromatic heterocycles. The molecule has 4 amide bonds. The number of aromatic nitrogens is 1. The first kappa shape index (κ1) is 34.7. The van der Waals surface area contributed by atoms with E-state index in [4.69, 9.17) is 9.79 Å². The van der Waals surface area contributed by atoms with E-state index in [1.54, 1.807) is 21.9 Å². The van der Waals surface area contributed by atoms with Gasteiger partial charge < -0.3 is 34.8 Å². The van der Waals surface area contributed by atoms with E-state index < -0.39 is 42.7 Å². The third-order valence-electron chi connectivity index (χ3n) is 9.85. The van der Waals surface area contributed by atoms with E-state index in [9.17, 15) is 36.9 Å². The molecule has 2 aromatic carbocycles. The molecular formula is C33H37F3N5O7P. The molecule has 3 aromatic rings. The Morgan fingerprint density at radius 3 is 2.45 bits per heavy atom. The second-order valence-corrected chi connectivity index (χ2v) is 14.7. The maximum Gasteiger partial charge on any atom is 0.399 e. The van der Waals surface area contributed by atoms with Gasteiger partial charge in [-0.3, -0.25) is 23.7 Å². The average Bonchev–Trinajstić information content (AvgIpc) is 3.79. The minimum atomic E-state index is -5.82. The third-order valence-corrected chi connectivity index (χ3v) is 10.8. The maximum absolute atomic E-state index is 14.3. The lowest BCUT2D eigenvalue weighted by Gasteiger charge is -2.39. The number of fused-ring (bicyclic) bond motifs is 2. The summed E-state index contributed by atoms with van der Waals surface area (Å²) in [5.41, 5.74) is -4.36. The molecular weight excluding hydrogens is 666 g/mol. The Bertz CT molecular complexity index is 1830. The summed E-state index contributed by atoms with van der Waals surface area (Å²) in [4.78, 5) is 80.2. The number of benzene rings is 2. The van der Waals surface area contributed by atoms with E-state index in [1.807, 2.05) is 0 Å². The summed E-state index contributed by atoms with van der Waals surface area (Å²) in [6.45, 7) is 2.03. The minimum Gasteiger partial charge on any atom is -0.351 e. The van der Waals surface area contributed by atoms with Crippen LogP contribution in [0.15, 0.2) is 48.5 Å². The van der Waals surface area contributed by atoms with Gasteiger partial charge >= 0.3 is 13.3 Å². The molecule has 16 heteroatoms. The standard InChI is InChI=1S/C33H37F3N5O7P/c1-19(42)39-14-12-24-9-11-29(32(45)40-13-2-3-25(40)15-20-4-7-23(34)8-5-20)41(24)31(44)28(18-39)38-30(43)27-17-21-16-22(6-10-26(21)37-27)33(35,36)49(46,47)48/h4-8,10,16-17,24-25,28-29,37H,2-3,9,11-15,18H2,1H3,(H,38,43)(H2,46,47,48)/t24-,25?,28?,29+/m1/s1. The summed E-state index contributed by atoms with van der Waals surface area (Å²) in [5, 5.41) is 2.75. The van der Waals surface area contributed by atoms with Gasteiger partial charge in [0.05, 0.1) is 0 Å². The molecule has 3 aliphatic rings. The zero-order chi connectivity index (χ0) is 35.2. The summed E-state index contributed by atoms with van der Waals surface area (Å²) in [7, 11) is -5.82. The number of carbonyl (C=O) groups is 4. The van der Waals surface area contributed by atoms with Crippen molar-refractivity contribution in [2.24, 2.45) is 0 Å². The quantitative estimate of drug-likeness (QED) is 0.274. The third kappa shape index (κ3) is 6.84. The maximum atomic E-state index is 14.3. The molecule has 12 nitrogen and oxygen atoms in total. The number of rotatable bonds is 7. The summed E-state index contributed by atoms with van der Waals surface area (Å²) in [5.74, 6) is -2.13. The lowest BCUT2D eigenvalue weighted by atomic mass is 10.0. The Morgan fingerprint density at radius 1 is 1.02 bits per heavy atom. The Kier molecular flexibility index (Phi) is 9.38. The topological polar surface area (TPSA) is 163 Å². The Balaban J connectivity index is 1.23. The number of carbonyl (C=O) groups excluding carboxylic acids is 4. The molecule has 3 aliphatic heterocycles. The smallest absolute Gasteiger partial charge is 0.351 e. The van der Waals surface area contributed by atoms with Crippen molar-refractivity contribution in [2.75, 3.05) is 19.6 Å². The van der Waals surface area contributed by atoms with Gasteiger partial charge in [0.25, 0.3) is 5.91 Å². The first-order chi connectivity index (χ1) is 23.1. The predicted octanol–water partition coefficient (Wildman–Crippen LogP) is 3.48. The van der Waals surface area contributed by atoms with Gasteiger partial charge in [-0.2, -0.15) is 8.78 Å². The number of H-pyrrole nitrogens is 1. The Morgan fingerprint density at radius 2 is 1.76 bits per heavy atom. The van der Waals surface area contributed by atoms with Crippen molar-refractivity contribution in [1.29, 1.82) is 0 Å². The number of aromatic amines is 1. The number of alkyl halides is 2. The second-order valence-electron chi connectivity index (χ2n) is 13.0. The van der Waals surface area contributed by atoms with Crippen LogP contribution in [-0.2, 0) is 31.0 Å². The van der Waals surface area contributed by atoms with Crippen LogP contribution >= 0.6 is 7.60 Å². The average molecular weight is 704 g/mol. The van der Waals surface area contributed by atoms with Crippen LogP contribution in [0.4, 0.5) is 13.2 Å². The summed E-state index contributed by atoms with van der Waals surface area (Å²) < 4.78 is 53.5. The van der Waals surface area contributed by atoms with Crippen LogP contribution < -0.4 is 5.32 Å². The lowest BCUT2D eigenvalue weighted by molar-refractivity contribution is -0.149. The number of nitrogens with zero attached hydrogens (tertiary/aromatic N) is 3. The lowest BCUT2D eigenvalue weighted by Crippen LogP contribution is -2.61. The Labute approximate surface area is 279 Å². The van der Waals surface area contributed by atoms with Gasteiger partial charge in [-0.05, 0) is 74.4 Å². The molecule has 262 valence electrons. The number of amides is 4. The summed E-state index contributed by atoms with van der Waals surface area (Å²) >= 11 is 0. The fourth-order valence-electron chi connectivity index (χ4n) is 7.28. The van der Waals surface area contributed by atoms with E-state index in [2.05, 4.69) is 10.3 Å². The molecule has 0 saturated carbocycles. The largest absolute Gasteiger partial charge is 0.399 e. The molecule has 0 aliphatic carbocycles. The molecule has 0 spiro atoms. The van der Waals surface area contributed by atoms with Gasteiger partial charge in [-0.1, -0.05) is 18.2 Å². The predicted molar refractivity (Wildman–Crippen MR) is 171 cm³/mol. The number of halogens is 3. The van der Waals surface area contributed by atoms with Crippen LogP contribution in [0.2, 0.25) is 0 Å². The molecule has 4 heterocycles. The van der Waals surface area contributed by atoms with Crippen LogP contribution in [0.25, 0.3) is 10.9 Å². The summed E-state index contributed by atoms with van der Waals surface area (Å²) in [6, 6.07) is 7.79. The zero-order valence-corrected chi connectivity index (χ0v) is 27.5. The van der Waals surface area contributed by atoms with Crippen LogP contribution in [-0.4, -0.2) is 96.9 Å². The number of hydrogen-bond donors (Lipinski definition) is 4. The highest BCUT2D eigenvalue weighted by Gasteiger charge is 2.51. The fraction of sp³-hybridized carbons (Fsp3) is 0.455. The van der Waals surface area contributed by atoms with Crippen LogP contribution in [0.1, 0.15) is 60.6 Å². The van der Waals surface area contributed by atoms with Crippen molar-refractivity contribution in [3.63, 3.8) is 0 Å². The molecule has 6 rings (SSSR count). The monoisotopic (exact) mass is 703 g/mol. The van der Waals surface area contributed by atoms with Crippen molar-refractivity contribution >= 4 is 42.1 Å². The SMILES string of the molecule is CC(=O)N1CC[C@H]2CC[C@@H](C(=O)N3CCCC3Cc3ccc(F)cc3)N2C(=O)C(NC(=O)c2cc3cc(C(F)(F)P(=O)(O)O)ccc3[nH]2)C1. The second kappa shape index (κ2) is 13.3. The Hall–Kier alpha value is -4.20. The normalized spacial score (nSPS) is 23.4. The van der Waals surface area contributed by atoms with Crippen molar-refractivity contribution in [1.82, 2.24) is 25.0 Å². The number of likely N-dealkylation sites (tertiary alicyclic amines) is 1. The molecule has 49 heavy (non-hydrogen) atoms. The van der Waals surface area contributed by atoms with Gasteiger partial charge in [0.15, 0.2) is 0 Å². The molecule has 3 fully saturated rings. The fourth-order valence-corrected chi connectivity index (χ4v) is 7.75. The van der Waals surface area contributed by atoms with E-state index in [0.29, 0.717) is 38.8 Å². The first-order valence-electron chi connectivity index (χ1n) is 16.1. The van der Waals surface area contributed by atoms with Crippen LogP contribution in [0.5, 0.6) is 0 Å². The van der Waals surface area contributed by atoms with E-state index in [1.165, 1.54) is 30.0 Å². The summed E-state index contributed by atoms with van der Waals surface area (Å²) in [6.07, 6.45) is 3.51. The molecule has 4 atom stereocenters. The van der Waals surface area contributed by atoms with Gasteiger partial charge in [-0.25, -0.2) is 4.39 Å². The molecule has 3 saturated heterocycles. The first-order valence-corrected chi connectivity index (χ1v) is 17.8. The van der Waals surface area contributed by atoms with Gasteiger partial charge in [0.2, 0.25) is 17.7 Å². The number of nitrogens with one attached hydrogen (secondary N) is 2. The molecule has 0 bridgehead atoms.